The SMILES string of the molecule is CN(C)S(=O)(=O)c1cc(C(=O)N2CCc3cc(Br)ccc32)ccc1Br. The average Bonchev–Trinajstić information content (AvgIpc) is 2.97. The molecule has 0 saturated carbocycles. The Hall–Kier alpha value is -1.22. The third-order valence-corrected chi connectivity index (χ3v) is 7.42. The van der Waals surface area contributed by atoms with Crippen molar-refractivity contribution in [3.63, 3.8) is 0 Å². The lowest BCUT2D eigenvalue weighted by atomic mass is 10.1. The molecule has 0 aromatic heterocycles. The second-order valence-electron chi connectivity index (χ2n) is 5.91. The number of benzene rings is 2. The first-order chi connectivity index (χ1) is 11.7. The maximum absolute atomic E-state index is 12.9. The largest absolute Gasteiger partial charge is 0.308 e. The van der Waals surface area contributed by atoms with Gasteiger partial charge in [0.2, 0.25) is 10.0 Å². The van der Waals surface area contributed by atoms with E-state index in [1.807, 2.05) is 18.2 Å². The lowest BCUT2D eigenvalue weighted by Crippen LogP contribution is -2.29. The summed E-state index contributed by atoms with van der Waals surface area (Å²) in [7, 11) is -0.717. The number of fused-ring (bicyclic) bond motifs is 1. The Balaban J connectivity index is 2.01. The lowest BCUT2D eigenvalue weighted by molar-refractivity contribution is 0.0989. The van der Waals surface area contributed by atoms with Crippen molar-refractivity contribution in [2.75, 3.05) is 25.5 Å². The van der Waals surface area contributed by atoms with Crippen molar-refractivity contribution in [3.8, 4) is 0 Å². The zero-order valence-corrected chi connectivity index (χ0v) is 17.7. The average molecular weight is 488 g/mol. The molecule has 1 heterocycles. The van der Waals surface area contributed by atoms with Gasteiger partial charge in [-0.2, -0.15) is 0 Å². The van der Waals surface area contributed by atoms with Crippen LogP contribution in [0.25, 0.3) is 0 Å². The summed E-state index contributed by atoms with van der Waals surface area (Å²) in [6, 6.07) is 10.5. The fraction of sp³-hybridized carbons (Fsp3) is 0.235. The van der Waals surface area contributed by atoms with Gasteiger partial charge in [-0.3, -0.25) is 4.79 Å². The Morgan fingerprint density at radius 2 is 1.84 bits per heavy atom. The smallest absolute Gasteiger partial charge is 0.258 e. The van der Waals surface area contributed by atoms with Gasteiger partial charge in [-0.25, -0.2) is 12.7 Å². The van der Waals surface area contributed by atoms with Crippen LogP contribution in [0.15, 0.2) is 50.2 Å². The molecule has 1 aliphatic rings. The molecule has 25 heavy (non-hydrogen) atoms. The van der Waals surface area contributed by atoms with Crippen molar-refractivity contribution in [1.29, 1.82) is 0 Å². The number of nitrogens with zero attached hydrogens (tertiary/aromatic N) is 2. The molecule has 0 atom stereocenters. The summed E-state index contributed by atoms with van der Waals surface area (Å²) in [6.07, 6.45) is 0.778. The summed E-state index contributed by atoms with van der Waals surface area (Å²) in [6.45, 7) is 0.580. The van der Waals surface area contributed by atoms with Crippen LogP contribution >= 0.6 is 31.9 Å². The van der Waals surface area contributed by atoms with Crippen LogP contribution in [-0.2, 0) is 16.4 Å². The van der Waals surface area contributed by atoms with Crippen LogP contribution in [0.1, 0.15) is 15.9 Å². The maximum atomic E-state index is 12.9. The van der Waals surface area contributed by atoms with E-state index in [4.69, 9.17) is 0 Å². The first-order valence-electron chi connectivity index (χ1n) is 7.54. The van der Waals surface area contributed by atoms with E-state index in [1.54, 1.807) is 17.0 Å². The molecule has 0 aliphatic carbocycles. The minimum atomic E-state index is -3.64. The van der Waals surface area contributed by atoms with Gasteiger partial charge >= 0.3 is 0 Å². The lowest BCUT2D eigenvalue weighted by Gasteiger charge is -2.19. The van der Waals surface area contributed by atoms with E-state index in [-0.39, 0.29) is 10.8 Å². The van der Waals surface area contributed by atoms with E-state index in [1.165, 1.54) is 20.2 Å². The fourth-order valence-corrected chi connectivity index (χ4v) is 5.02. The maximum Gasteiger partial charge on any atom is 0.258 e. The fourth-order valence-electron chi connectivity index (χ4n) is 2.77. The van der Waals surface area contributed by atoms with Gasteiger partial charge in [-0.15, -0.1) is 0 Å². The number of halogens is 2. The predicted molar refractivity (Wildman–Crippen MR) is 105 cm³/mol. The van der Waals surface area contributed by atoms with E-state index in [9.17, 15) is 13.2 Å². The van der Waals surface area contributed by atoms with Gasteiger partial charge in [0.25, 0.3) is 5.91 Å². The van der Waals surface area contributed by atoms with E-state index in [2.05, 4.69) is 31.9 Å². The molecule has 0 N–H and O–H groups in total. The van der Waals surface area contributed by atoms with Gasteiger partial charge in [-0.05, 0) is 64.3 Å². The molecule has 0 fully saturated rings. The minimum Gasteiger partial charge on any atom is -0.308 e. The van der Waals surface area contributed by atoms with Crippen molar-refractivity contribution < 1.29 is 13.2 Å². The summed E-state index contributed by atoms with van der Waals surface area (Å²) in [5.74, 6) is -0.205. The summed E-state index contributed by atoms with van der Waals surface area (Å²) in [4.78, 5) is 14.7. The Kier molecular flexibility index (Phi) is 5.07. The van der Waals surface area contributed by atoms with Crippen LogP contribution in [0, 0.1) is 0 Å². The van der Waals surface area contributed by atoms with Crippen LogP contribution in [0.2, 0.25) is 0 Å². The van der Waals surface area contributed by atoms with Crippen LogP contribution in [0.3, 0.4) is 0 Å². The molecule has 2 aromatic rings. The summed E-state index contributed by atoms with van der Waals surface area (Å²) in [5.41, 5.74) is 2.31. The molecule has 1 amide bonds. The monoisotopic (exact) mass is 486 g/mol. The Morgan fingerprint density at radius 1 is 1.12 bits per heavy atom. The molecule has 0 unspecified atom stereocenters. The number of carbonyl (C=O) groups excluding carboxylic acids is 1. The first kappa shape index (κ1) is 18.6. The van der Waals surface area contributed by atoms with Crippen molar-refractivity contribution in [2.45, 2.75) is 11.3 Å². The van der Waals surface area contributed by atoms with Gasteiger partial charge < -0.3 is 4.90 Å². The number of rotatable bonds is 3. The summed E-state index contributed by atoms with van der Waals surface area (Å²) >= 11 is 6.70. The van der Waals surface area contributed by atoms with Crippen LogP contribution in [0.4, 0.5) is 5.69 Å². The second kappa shape index (κ2) is 6.83. The quantitative estimate of drug-likeness (QED) is 0.663. The molecule has 3 rings (SSSR count). The molecule has 0 bridgehead atoms. The highest BCUT2D eigenvalue weighted by atomic mass is 79.9. The molecule has 0 spiro atoms. The Morgan fingerprint density at radius 3 is 2.52 bits per heavy atom. The second-order valence-corrected chi connectivity index (χ2v) is 9.80. The zero-order valence-electron chi connectivity index (χ0n) is 13.7. The standard InChI is InChI=1S/C17H16Br2N2O3S/c1-20(2)25(23,24)16-10-12(3-5-14(16)19)17(22)21-8-7-11-9-13(18)4-6-15(11)21/h3-6,9-10H,7-8H2,1-2H3. The van der Waals surface area contributed by atoms with E-state index in [0.29, 0.717) is 16.6 Å². The van der Waals surface area contributed by atoms with Crippen molar-refractivity contribution >= 4 is 53.5 Å². The van der Waals surface area contributed by atoms with Crippen molar-refractivity contribution in [3.05, 3.63) is 56.5 Å². The van der Waals surface area contributed by atoms with Crippen LogP contribution < -0.4 is 4.90 Å². The Labute approximate surface area is 163 Å². The number of amides is 1. The molecule has 132 valence electrons. The number of anilines is 1. The molecule has 1 aliphatic heterocycles. The molecule has 8 heteroatoms. The topological polar surface area (TPSA) is 57.7 Å². The molecular weight excluding hydrogens is 472 g/mol. The molecule has 2 aromatic carbocycles. The number of carbonyl (C=O) groups is 1. The molecular formula is C17H16Br2N2O3S. The Bertz CT molecular complexity index is 958. The van der Waals surface area contributed by atoms with E-state index >= 15 is 0 Å². The van der Waals surface area contributed by atoms with E-state index < -0.39 is 10.0 Å². The van der Waals surface area contributed by atoms with Crippen LogP contribution in [-0.4, -0.2) is 39.3 Å². The van der Waals surface area contributed by atoms with Gasteiger partial charge in [0.05, 0.1) is 4.90 Å². The van der Waals surface area contributed by atoms with Crippen molar-refractivity contribution in [2.24, 2.45) is 0 Å². The van der Waals surface area contributed by atoms with Gasteiger partial charge in [0.15, 0.2) is 0 Å². The number of hydrogen-bond acceptors (Lipinski definition) is 3. The third-order valence-electron chi connectivity index (χ3n) is 4.12. The molecule has 5 nitrogen and oxygen atoms in total. The van der Waals surface area contributed by atoms with Gasteiger partial charge in [0.1, 0.15) is 0 Å². The zero-order chi connectivity index (χ0) is 18.4. The minimum absolute atomic E-state index is 0.0820. The van der Waals surface area contributed by atoms with Gasteiger partial charge in [-0.1, -0.05) is 15.9 Å². The highest BCUT2D eigenvalue weighted by Crippen LogP contribution is 2.32. The summed E-state index contributed by atoms with van der Waals surface area (Å²) < 4.78 is 27.4. The first-order valence-corrected chi connectivity index (χ1v) is 10.6. The van der Waals surface area contributed by atoms with Crippen molar-refractivity contribution in [1.82, 2.24) is 4.31 Å². The third kappa shape index (κ3) is 3.40. The van der Waals surface area contributed by atoms with Crippen LogP contribution in [0.5, 0.6) is 0 Å². The highest BCUT2D eigenvalue weighted by molar-refractivity contribution is 9.10. The molecule has 0 saturated heterocycles. The highest BCUT2D eigenvalue weighted by Gasteiger charge is 2.28. The van der Waals surface area contributed by atoms with Gasteiger partial charge in [0, 0.05) is 40.8 Å². The van der Waals surface area contributed by atoms with E-state index in [0.717, 1.165) is 26.4 Å². The normalized spacial score (nSPS) is 14.0. The molecule has 0 radical (unpaired) electrons. The predicted octanol–water partition coefficient (Wildman–Crippen LogP) is 3.66. The summed E-state index contributed by atoms with van der Waals surface area (Å²) in [5, 5.41) is 0. The number of hydrogen-bond donors (Lipinski definition) is 0. The number of sulfonamides is 1.